The van der Waals surface area contributed by atoms with Gasteiger partial charge in [0.05, 0.1) is 12.1 Å². The van der Waals surface area contributed by atoms with Gasteiger partial charge in [-0.3, -0.25) is 0 Å². The Morgan fingerprint density at radius 3 is 1.46 bits per heavy atom. The average Bonchev–Trinajstić information content (AvgIpc) is 3.69. The largest absolute Gasteiger partial charge is 0.456 e. The van der Waals surface area contributed by atoms with Crippen LogP contribution in [0.25, 0.3) is 66.6 Å². The van der Waals surface area contributed by atoms with Gasteiger partial charge in [0.1, 0.15) is 33.7 Å². The van der Waals surface area contributed by atoms with E-state index in [-0.39, 0.29) is 0 Å². The van der Waals surface area contributed by atoms with E-state index >= 15 is 0 Å². The lowest BCUT2D eigenvalue weighted by molar-refractivity contribution is -0.934. The van der Waals surface area contributed by atoms with Gasteiger partial charge in [0.2, 0.25) is 0 Å². The summed E-state index contributed by atoms with van der Waals surface area (Å²) in [5.74, 6) is 4.15. The fourth-order valence-electron chi connectivity index (χ4n) is 9.22. The van der Waals surface area contributed by atoms with Crippen molar-refractivity contribution in [3.8, 4) is 34.5 Å². The second-order valence-electron chi connectivity index (χ2n) is 13.5. The Morgan fingerprint density at radius 1 is 0.543 bits per heavy atom. The number of benzene rings is 4. The van der Waals surface area contributed by atoms with Crippen molar-refractivity contribution in [1.29, 1.82) is 0 Å². The molecule has 8 aromatic rings. The van der Waals surface area contributed by atoms with Gasteiger partial charge in [0, 0.05) is 73.2 Å². The van der Waals surface area contributed by atoms with Gasteiger partial charge < -0.3 is 14.5 Å². The number of para-hydroxylation sites is 2. The molecule has 0 unspecified atom stereocenters. The van der Waals surface area contributed by atoms with Crippen LogP contribution in [0.1, 0.15) is 11.1 Å². The van der Waals surface area contributed by atoms with Crippen LogP contribution in [0.2, 0.25) is 0 Å². The molecule has 7 heteroatoms. The van der Waals surface area contributed by atoms with E-state index in [2.05, 4.69) is 153 Å². The Balaban J connectivity index is 1.45. The molecule has 1 spiro atoms. The fraction of sp³-hybridized carbons (Fsp3) is 0.128. The smallest absolute Gasteiger partial charge is 0.323 e. The Labute approximate surface area is 263 Å². The van der Waals surface area contributed by atoms with Gasteiger partial charge in [-0.2, -0.15) is 18.3 Å². The summed E-state index contributed by atoms with van der Waals surface area (Å²) in [6, 6.07) is 36.1. The van der Waals surface area contributed by atoms with Crippen LogP contribution in [-0.2, 0) is 5.66 Å². The first-order chi connectivity index (χ1) is 22.5. The maximum absolute atomic E-state index is 7.00. The first-order valence-corrected chi connectivity index (χ1v) is 15.9. The minimum absolute atomic E-state index is 0.679. The summed E-state index contributed by atoms with van der Waals surface area (Å²) in [4.78, 5) is 4.45. The molecule has 0 atom stereocenters. The Hall–Kier alpha value is -5.82. The molecule has 8 heterocycles. The summed E-state index contributed by atoms with van der Waals surface area (Å²) < 4.78 is 17.2. The van der Waals surface area contributed by atoms with E-state index in [4.69, 9.17) is 4.74 Å². The Bertz CT molecular complexity index is 2610. The first-order valence-electron chi connectivity index (χ1n) is 15.9. The van der Waals surface area contributed by atoms with Crippen molar-refractivity contribution in [2.24, 2.45) is 0 Å². The molecule has 4 aliphatic heterocycles. The van der Waals surface area contributed by atoms with Crippen LogP contribution < -0.4 is 23.7 Å². The number of ether oxygens (including phenoxy) is 1. The molecule has 46 heavy (non-hydrogen) atoms. The number of hydrogen-bond acceptors (Lipinski definition) is 3. The molecule has 218 valence electrons. The summed E-state index contributed by atoms with van der Waals surface area (Å²) in [6.45, 7) is 0. The molecule has 0 bridgehead atoms. The highest BCUT2D eigenvalue weighted by atomic mass is 16.5. The number of aromatic nitrogens is 4. The number of rotatable bonds is 2. The van der Waals surface area contributed by atoms with E-state index in [1.54, 1.807) is 0 Å². The minimum Gasteiger partial charge on any atom is -0.456 e. The average molecular weight is 597 g/mol. The van der Waals surface area contributed by atoms with Crippen molar-refractivity contribution in [2.75, 3.05) is 38.0 Å². The Kier molecular flexibility index (Phi) is 3.68. The molecular formula is C39H28N6O+2. The number of pyridine rings is 2. The summed E-state index contributed by atoms with van der Waals surface area (Å²) in [6.07, 6.45) is 0. The molecule has 4 aromatic carbocycles. The van der Waals surface area contributed by atoms with Crippen LogP contribution in [-0.4, -0.2) is 37.3 Å². The molecule has 0 fully saturated rings. The third-order valence-corrected chi connectivity index (χ3v) is 11.0. The van der Waals surface area contributed by atoms with Crippen LogP contribution in [0.3, 0.4) is 0 Å². The minimum atomic E-state index is -0.679. The quantitative estimate of drug-likeness (QED) is 0.211. The van der Waals surface area contributed by atoms with Crippen molar-refractivity contribution in [2.45, 2.75) is 5.66 Å². The molecule has 12 rings (SSSR count). The van der Waals surface area contributed by atoms with Crippen molar-refractivity contribution in [1.82, 2.24) is 9.13 Å². The van der Waals surface area contributed by atoms with Gasteiger partial charge in [0.25, 0.3) is 11.6 Å². The zero-order valence-electron chi connectivity index (χ0n) is 25.8. The maximum atomic E-state index is 7.00. The molecule has 7 nitrogen and oxygen atoms in total. The molecular weight excluding hydrogens is 568 g/mol. The van der Waals surface area contributed by atoms with Gasteiger partial charge in [-0.15, -0.1) is 0 Å². The standard InChI is InChI=1S/C39H28N6O/c1-40(2)21-17-29-30-18-22(41(3)4)20-34-43-28-12-8-6-10-24(28)26-14-16-32-36(38(26)43)39(45(30)34)35-31(46-32)15-13-25-23-9-5-7-11-27(23)42(37(25)35)33(19-21)44(29)39/h5-20H,1-4H3/q+2. The van der Waals surface area contributed by atoms with Gasteiger partial charge >= 0.3 is 5.66 Å². The molecule has 0 amide bonds. The summed E-state index contributed by atoms with van der Waals surface area (Å²) >= 11 is 0. The maximum Gasteiger partial charge on any atom is 0.323 e. The number of anilines is 2. The Morgan fingerprint density at radius 2 is 1.00 bits per heavy atom. The normalized spacial score (nSPS) is 14.9. The fourth-order valence-corrected chi connectivity index (χ4v) is 9.22. The lowest BCUT2D eigenvalue weighted by atomic mass is 9.82. The topological polar surface area (TPSA) is 33.3 Å². The third kappa shape index (κ3) is 2.22. The summed E-state index contributed by atoms with van der Waals surface area (Å²) in [5.41, 5.74) is 11.3. The SMILES string of the molecule is CN(C)c1cc2[n+]3c(c1)-n1c4ccccc4c4ccc5c(c41)C31c3c(ccc4c6ccccc6n(c34)-c3cc(N(C)C)cc-2[n+]31)O5. The van der Waals surface area contributed by atoms with Gasteiger partial charge in [-0.1, -0.05) is 24.3 Å². The second-order valence-corrected chi connectivity index (χ2v) is 13.5. The highest BCUT2D eigenvalue weighted by Crippen LogP contribution is 2.58. The molecule has 0 N–H and O–H groups in total. The lowest BCUT2D eigenvalue weighted by Gasteiger charge is -2.38. The molecule has 0 saturated heterocycles. The number of nitrogens with zero attached hydrogens (tertiary/aromatic N) is 6. The summed E-state index contributed by atoms with van der Waals surface area (Å²) in [5, 5.41) is 5.00. The van der Waals surface area contributed by atoms with Crippen LogP contribution in [0.15, 0.2) is 97.1 Å². The molecule has 0 radical (unpaired) electrons. The van der Waals surface area contributed by atoms with Crippen molar-refractivity contribution < 1.29 is 13.9 Å². The zero-order valence-corrected chi connectivity index (χ0v) is 25.8. The van der Waals surface area contributed by atoms with E-state index in [0.29, 0.717) is 0 Å². The highest BCUT2D eigenvalue weighted by molar-refractivity contribution is 6.14. The summed E-state index contributed by atoms with van der Waals surface area (Å²) in [7, 11) is 8.56. The van der Waals surface area contributed by atoms with E-state index < -0.39 is 5.66 Å². The van der Waals surface area contributed by atoms with Crippen molar-refractivity contribution in [3.63, 3.8) is 0 Å². The molecule has 0 saturated carbocycles. The van der Waals surface area contributed by atoms with Crippen molar-refractivity contribution >= 4 is 55.0 Å². The third-order valence-electron chi connectivity index (χ3n) is 11.0. The molecule has 0 aliphatic carbocycles. The first kappa shape index (κ1) is 23.5. The van der Waals surface area contributed by atoms with Gasteiger partial charge in [-0.05, 0) is 48.5 Å². The number of hydrogen-bond donors (Lipinski definition) is 0. The highest BCUT2D eigenvalue weighted by Gasteiger charge is 2.69. The van der Waals surface area contributed by atoms with Crippen molar-refractivity contribution in [3.05, 3.63) is 108 Å². The van der Waals surface area contributed by atoms with E-state index in [1.165, 1.54) is 77.5 Å². The van der Waals surface area contributed by atoms with Crippen LogP contribution in [0.5, 0.6) is 11.5 Å². The van der Waals surface area contributed by atoms with Gasteiger partial charge in [0.15, 0.2) is 22.4 Å². The lowest BCUT2D eigenvalue weighted by Crippen LogP contribution is -2.75. The van der Waals surface area contributed by atoms with E-state index in [9.17, 15) is 0 Å². The molecule has 4 aromatic heterocycles. The monoisotopic (exact) mass is 596 g/mol. The van der Waals surface area contributed by atoms with E-state index in [0.717, 1.165) is 23.1 Å². The number of fused-ring (bicyclic) bond motifs is 9. The van der Waals surface area contributed by atoms with Crippen LogP contribution in [0.4, 0.5) is 11.4 Å². The molecule has 4 aliphatic rings. The van der Waals surface area contributed by atoms with E-state index in [1.807, 2.05) is 0 Å². The van der Waals surface area contributed by atoms with Crippen LogP contribution in [0, 0.1) is 0 Å². The predicted molar refractivity (Wildman–Crippen MR) is 181 cm³/mol. The zero-order chi connectivity index (χ0) is 30.4. The van der Waals surface area contributed by atoms with Gasteiger partial charge in [-0.25, -0.2) is 0 Å². The van der Waals surface area contributed by atoms with Crippen LogP contribution >= 0.6 is 0 Å². The second kappa shape index (κ2) is 7.18. The predicted octanol–water partition coefficient (Wildman–Crippen LogP) is 6.60.